The summed E-state index contributed by atoms with van der Waals surface area (Å²) in [5, 5.41) is 15.7. The molecule has 0 heterocycles. The summed E-state index contributed by atoms with van der Waals surface area (Å²) in [7, 11) is 0. The average molecular weight is 631 g/mol. The lowest BCUT2D eigenvalue weighted by Gasteiger charge is -2.19. The third-order valence-corrected chi connectivity index (χ3v) is 11.0. The van der Waals surface area contributed by atoms with E-state index in [1.165, 1.54) is 109 Å². The molecule has 11 aromatic rings. The first-order chi connectivity index (χ1) is 24.8. The van der Waals surface area contributed by atoms with Crippen LogP contribution in [0, 0.1) is 0 Å². The summed E-state index contributed by atoms with van der Waals surface area (Å²) in [6.07, 6.45) is 0. The fourth-order valence-corrected chi connectivity index (χ4v) is 8.71. The van der Waals surface area contributed by atoms with Crippen molar-refractivity contribution in [3.63, 3.8) is 0 Å². The van der Waals surface area contributed by atoms with Gasteiger partial charge in [-0.05, 0) is 115 Å². The highest BCUT2D eigenvalue weighted by Crippen LogP contribution is 2.45. The van der Waals surface area contributed by atoms with Crippen LogP contribution in [0.25, 0.3) is 109 Å². The highest BCUT2D eigenvalue weighted by molar-refractivity contribution is 6.27. The molecule has 0 heteroatoms. The second kappa shape index (κ2) is 10.5. The van der Waals surface area contributed by atoms with E-state index in [4.69, 9.17) is 0 Å². The fraction of sp³-hybridized carbons (Fsp3) is 0. The Bertz CT molecular complexity index is 3040. The first-order valence-electron chi connectivity index (χ1n) is 17.4. The van der Waals surface area contributed by atoms with E-state index in [9.17, 15) is 0 Å². The van der Waals surface area contributed by atoms with Crippen LogP contribution in [0.5, 0.6) is 0 Å². The number of rotatable bonds is 4. The maximum Gasteiger partial charge on any atom is -0.00206 e. The van der Waals surface area contributed by atoms with Gasteiger partial charge in [0, 0.05) is 0 Å². The molecule has 11 aromatic carbocycles. The number of hydrogen-bond donors (Lipinski definition) is 0. The van der Waals surface area contributed by atoms with E-state index in [-0.39, 0.29) is 0 Å². The third-order valence-electron chi connectivity index (χ3n) is 11.0. The molecule has 50 heavy (non-hydrogen) atoms. The summed E-state index contributed by atoms with van der Waals surface area (Å²) in [6, 6.07) is 67.7. The Balaban J connectivity index is 1.15. The number of benzene rings is 11. The standard InChI is InChI=1S/C50H30/c1-2-8-31(9-3-1)46-30-38(24-27-43(46)42-26-21-37-19-17-33-11-7-13-35-23-29-45(42)50(37)48(33)35)39-14-4-5-15-40(39)41-25-20-36-18-16-32-10-6-12-34-22-28-44(41)49(36)47(32)34/h1-30H. The van der Waals surface area contributed by atoms with Gasteiger partial charge in [-0.1, -0.05) is 176 Å². The van der Waals surface area contributed by atoms with E-state index >= 15 is 0 Å². The van der Waals surface area contributed by atoms with Gasteiger partial charge in [-0.15, -0.1) is 0 Å². The van der Waals surface area contributed by atoms with Gasteiger partial charge < -0.3 is 0 Å². The van der Waals surface area contributed by atoms with Crippen LogP contribution in [-0.4, -0.2) is 0 Å². The predicted octanol–water partition coefficient (Wildman–Crippen LogP) is 14.1. The summed E-state index contributed by atoms with van der Waals surface area (Å²) in [5.74, 6) is 0. The van der Waals surface area contributed by atoms with Gasteiger partial charge in [0.2, 0.25) is 0 Å². The van der Waals surface area contributed by atoms with Crippen LogP contribution in [0.15, 0.2) is 182 Å². The van der Waals surface area contributed by atoms with Gasteiger partial charge in [0.25, 0.3) is 0 Å². The summed E-state index contributed by atoms with van der Waals surface area (Å²) >= 11 is 0. The molecule has 0 aliphatic rings. The van der Waals surface area contributed by atoms with Crippen molar-refractivity contribution in [1.29, 1.82) is 0 Å². The summed E-state index contributed by atoms with van der Waals surface area (Å²) < 4.78 is 0. The minimum Gasteiger partial charge on any atom is -0.0622 e. The zero-order valence-corrected chi connectivity index (χ0v) is 27.3. The van der Waals surface area contributed by atoms with Crippen molar-refractivity contribution in [2.24, 2.45) is 0 Å². The van der Waals surface area contributed by atoms with E-state index in [0.717, 1.165) is 0 Å². The lowest BCUT2D eigenvalue weighted by atomic mass is 9.84. The molecule has 0 fully saturated rings. The lowest BCUT2D eigenvalue weighted by molar-refractivity contribution is 1.57. The van der Waals surface area contributed by atoms with Crippen LogP contribution in [0.4, 0.5) is 0 Å². The van der Waals surface area contributed by atoms with Crippen molar-refractivity contribution in [3.8, 4) is 44.5 Å². The Hall–Kier alpha value is -6.50. The fourth-order valence-electron chi connectivity index (χ4n) is 8.71. The molecule has 230 valence electrons. The highest BCUT2D eigenvalue weighted by atomic mass is 14.2. The molecule has 0 saturated heterocycles. The second-order valence-corrected chi connectivity index (χ2v) is 13.6. The van der Waals surface area contributed by atoms with E-state index in [1.807, 2.05) is 0 Å². The summed E-state index contributed by atoms with van der Waals surface area (Å²) in [4.78, 5) is 0. The van der Waals surface area contributed by atoms with Gasteiger partial charge in [0.05, 0.1) is 0 Å². The molecule has 0 bridgehead atoms. The normalized spacial score (nSPS) is 12.0. The van der Waals surface area contributed by atoms with Gasteiger partial charge in [-0.25, -0.2) is 0 Å². The molecule has 0 nitrogen and oxygen atoms in total. The molecule has 0 aromatic heterocycles. The molecule has 0 atom stereocenters. The highest BCUT2D eigenvalue weighted by Gasteiger charge is 2.18. The quantitative estimate of drug-likeness (QED) is 0.170. The molecular weight excluding hydrogens is 601 g/mol. The van der Waals surface area contributed by atoms with Crippen LogP contribution in [0.3, 0.4) is 0 Å². The molecule has 0 spiro atoms. The van der Waals surface area contributed by atoms with Crippen molar-refractivity contribution >= 4 is 64.6 Å². The Morgan fingerprint density at radius 2 is 0.620 bits per heavy atom. The van der Waals surface area contributed by atoms with Gasteiger partial charge >= 0.3 is 0 Å². The largest absolute Gasteiger partial charge is 0.0622 e. The molecule has 0 amide bonds. The van der Waals surface area contributed by atoms with E-state index in [2.05, 4.69) is 182 Å². The lowest BCUT2D eigenvalue weighted by Crippen LogP contribution is -1.92. The van der Waals surface area contributed by atoms with Crippen molar-refractivity contribution in [2.45, 2.75) is 0 Å². The molecule has 0 N–H and O–H groups in total. The number of hydrogen-bond acceptors (Lipinski definition) is 0. The van der Waals surface area contributed by atoms with Crippen LogP contribution >= 0.6 is 0 Å². The smallest absolute Gasteiger partial charge is 0.00206 e. The molecule has 0 unspecified atom stereocenters. The third kappa shape index (κ3) is 3.94. The Kier molecular flexibility index (Phi) is 5.76. The SMILES string of the molecule is c1ccc(-c2cc(-c3ccccc3-c3ccc4ccc5cccc6ccc3c4c56)ccc2-c2ccc3ccc4cccc5ccc2c3c45)cc1. The van der Waals surface area contributed by atoms with Crippen molar-refractivity contribution in [2.75, 3.05) is 0 Å². The molecule has 0 saturated carbocycles. The molecule has 11 rings (SSSR count). The van der Waals surface area contributed by atoms with Gasteiger partial charge in [-0.2, -0.15) is 0 Å². The van der Waals surface area contributed by atoms with E-state index < -0.39 is 0 Å². The minimum absolute atomic E-state index is 1.21. The predicted molar refractivity (Wildman–Crippen MR) is 216 cm³/mol. The molecule has 0 radical (unpaired) electrons. The van der Waals surface area contributed by atoms with Crippen molar-refractivity contribution in [3.05, 3.63) is 182 Å². The van der Waals surface area contributed by atoms with Crippen molar-refractivity contribution < 1.29 is 0 Å². The van der Waals surface area contributed by atoms with Gasteiger partial charge in [-0.3, -0.25) is 0 Å². The maximum absolute atomic E-state index is 2.41. The van der Waals surface area contributed by atoms with Crippen molar-refractivity contribution in [1.82, 2.24) is 0 Å². The topological polar surface area (TPSA) is 0 Å². The Morgan fingerprint density at radius 1 is 0.200 bits per heavy atom. The molecule has 0 aliphatic carbocycles. The van der Waals surface area contributed by atoms with E-state index in [1.54, 1.807) is 0 Å². The Morgan fingerprint density at radius 3 is 1.18 bits per heavy atom. The molecular formula is C50H30. The van der Waals surface area contributed by atoms with Crippen LogP contribution in [-0.2, 0) is 0 Å². The van der Waals surface area contributed by atoms with E-state index in [0.29, 0.717) is 0 Å². The minimum atomic E-state index is 1.21. The zero-order chi connectivity index (χ0) is 32.8. The first kappa shape index (κ1) is 27.5. The van der Waals surface area contributed by atoms with Crippen LogP contribution in [0.2, 0.25) is 0 Å². The molecule has 0 aliphatic heterocycles. The maximum atomic E-state index is 2.41. The zero-order valence-electron chi connectivity index (χ0n) is 27.3. The van der Waals surface area contributed by atoms with Crippen LogP contribution < -0.4 is 0 Å². The monoisotopic (exact) mass is 630 g/mol. The second-order valence-electron chi connectivity index (χ2n) is 13.6. The van der Waals surface area contributed by atoms with Gasteiger partial charge in [0.15, 0.2) is 0 Å². The first-order valence-corrected chi connectivity index (χ1v) is 17.4. The average Bonchev–Trinajstić information content (AvgIpc) is 3.19. The summed E-state index contributed by atoms with van der Waals surface area (Å²) in [6.45, 7) is 0. The van der Waals surface area contributed by atoms with Crippen LogP contribution in [0.1, 0.15) is 0 Å². The van der Waals surface area contributed by atoms with Gasteiger partial charge in [0.1, 0.15) is 0 Å². The summed E-state index contributed by atoms with van der Waals surface area (Å²) in [5.41, 5.74) is 9.94. The Labute approximate surface area is 290 Å².